The zero-order chi connectivity index (χ0) is 25.3. The number of hydrogen-bond acceptors (Lipinski definition) is 5. The second-order valence-corrected chi connectivity index (χ2v) is 12.2. The average molecular weight is 520 g/mol. The summed E-state index contributed by atoms with van der Waals surface area (Å²) in [6.07, 6.45) is 2.78. The van der Waals surface area contributed by atoms with E-state index < -0.39 is 10.0 Å². The van der Waals surface area contributed by atoms with E-state index in [1.165, 1.54) is 11.3 Å². The van der Waals surface area contributed by atoms with Crippen molar-refractivity contribution in [3.63, 3.8) is 0 Å². The van der Waals surface area contributed by atoms with Gasteiger partial charge in [0.15, 0.2) is 5.13 Å². The normalized spacial score (nSPS) is 16.8. The lowest BCUT2D eigenvalue weighted by molar-refractivity contribution is 0.0985. The Hall–Kier alpha value is -3.07. The summed E-state index contributed by atoms with van der Waals surface area (Å²) in [5, 5.41) is 0.614. The van der Waals surface area contributed by atoms with Crippen LogP contribution in [0.15, 0.2) is 77.7 Å². The Morgan fingerprint density at radius 3 is 2.53 bits per heavy atom. The number of carbonyl (C=O) groups excluding carboxylic acids is 1. The number of rotatable bonds is 6. The van der Waals surface area contributed by atoms with Gasteiger partial charge in [0, 0.05) is 18.2 Å². The lowest BCUT2D eigenvalue weighted by Crippen LogP contribution is -2.41. The number of carbonyl (C=O) groups is 1. The van der Waals surface area contributed by atoms with Crippen LogP contribution in [0.25, 0.3) is 10.2 Å². The third-order valence-corrected chi connectivity index (χ3v) is 9.71. The van der Waals surface area contributed by atoms with Gasteiger partial charge < -0.3 is 0 Å². The molecule has 0 radical (unpaired) electrons. The number of hydrogen-bond donors (Lipinski definition) is 0. The molecule has 0 aliphatic carbocycles. The number of aromatic nitrogens is 1. The first-order valence-electron chi connectivity index (χ1n) is 12.2. The van der Waals surface area contributed by atoms with Crippen molar-refractivity contribution in [2.45, 2.75) is 50.6 Å². The van der Waals surface area contributed by atoms with Gasteiger partial charge in [-0.1, -0.05) is 54.2 Å². The molecule has 5 rings (SSSR count). The SMILES string of the molecule is Cc1ccc2nc(N(Cc3ccccc3)C(=O)c3ccc(S(=O)(=O)N4CCCCC4C)cc3)sc2c1. The molecule has 2 heterocycles. The van der Waals surface area contributed by atoms with Crippen molar-refractivity contribution in [1.29, 1.82) is 0 Å². The van der Waals surface area contributed by atoms with Crippen LogP contribution in [0, 0.1) is 6.92 Å². The molecule has 1 aromatic heterocycles. The molecule has 1 amide bonds. The Morgan fingerprint density at radius 1 is 1.06 bits per heavy atom. The number of nitrogens with zero attached hydrogens (tertiary/aromatic N) is 3. The quantitative estimate of drug-likeness (QED) is 0.313. The van der Waals surface area contributed by atoms with Gasteiger partial charge in [-0.25, -0.2) is 13.4 Å². The first-order chi connectivity index (χ1) is 17.3. The molecule has 0 N–H and O–H groups in total. The lowest BCUT2D eigenvalue weighted by Gasteiger charge is -2.32. The molecular formula is C28H29N3O3S2. The number of thiazole rings is 1. The smallest absolute Gasteiger partial charge is 0.260 e. The summed E-state index contributed by atoms with van der Waals surface area (Å²) in [7, 11) is -3.60. The Balaban J connectivity index is 1.47. The minimum Gasteiger partial charge on any atom is -0.279 e. The molecule has 1 unspecified atom stereocenters. The van der Waals surface area contributed by atoms with Gasteiger partial charge in [0.1, 0.15) is 0 Å². The van der Waals surface area contributed by atoms with Gasteiger partial charge in [-0.05, 0) is 74.2 Å². The van der Waals surface area contributed by atoms with Crippen LogP contribution in [0.2, 0.25) is 0 Å². The highest BCUT2D eigenvalue weighted by Gasteiger charge is 2.31. The molecule has 1 atom stereocenters. The molecule has 1 aliphatic rings. The van der Waals surface area contributed by atoms with Gasteiger partial charge >= 0.3 is 0 Å². The molecule has 0 bridgehead atoms. The highest BCUT2D eigenvalue weighted by molar-refractivity contribution is 7.89. The molecule has 3 aromatic carbocycles. The van der Waals surface area contributed by atoms with Crippen molar-refractivity contribution in [1.82, 2.24) is 9.29 Å². The molecule has 0 spiro atoms. The van der Waals surface area contributed by atoms with Crippen molar-refractivity contribution < 1.29 is 13.2 Å². The minimum atomic E-state index is -3.60. The predicted molar refractivity (Wildman–Crippen MR) is 145 cm³/mol. The van der Waals surface area contributed by atoms with Crippen molar-refractivity contribution in [2.24, 2.45) is 0 Å². The van der Waals surface area contributed by atoms with E-state index in [-0.39, 0.29) is 16.8 Å². The highest BCUT2D eigenvalue weighted by Crippen LogP contribution is 2.32. The molecule has 0 saturated carbocycles. The summed E-state index contributed by atoms with van der Waals surface area (Å²) in [4.78, 5) is 20.4. The van der Waals surface area contributed by atoms with E-state index in [2.05, 4.69) is 6.07 Å². The summed E-state index contributed by atoms with van der Waals surface area (Å²) in [6, 6.07) is 22.1. The van der Waals surface area contributed by atoms with E-state index in [0.29, 0.717) is 23.8 Å². The monoisotopic (exact) mass is 519 g/mol. The van der Waals surface area contributed by atoms with Gasteiger partial charge in [-0.2, -0.15) is 4.31 Å². The van der Waals surface area contributed by atoms with E-state index >= 15 is 0 Å². The Labute approximate surface area is 216 Å². The number of benzene rings is 3. The van der Waals surface area contributed by atoms with Gasteiger partial charge in [0.2, 0.25) is 10.0 Å². The number of anilines is 1. The molecule has 186 valence electrons. The summed E-state index contributed by atoms with van der Waals surface area (Å²) in [5.41, 5.74) is 3.40. The molecule has 8 heteroatoms. The van der Waals surface area contributed by atoms with Gasteiger partial charge in [-0.3, -0.25) is 9.69 Å². The zero-order valence-electron chi connectivity index (χ0n) is 20.4. The third kappa shape index (κ3) is 4.93. The van der Waals surface area contributed by atoms with Crippen LogP contribution < -0.4 is 4.90 Å². The standard InChI is InChI=1S/C28H29N3O3S2/c1-20-11-16-25-26(18-20)35-28(29-25)30(19-22-9-4-3-5-10-22)27(32)23-12-14-24(15-13-23)36(33,34)31-17-7-6-8-21(31)2/h3-5,9-16,18,21H,6-8,17,19H2,1-2H3. The molecule has 1 fully saturated rings. The summed E-state index contributed by atoms with van der Waals surface area (Å²) in [5.74, 6) is -0.218. The van der Waals surface area contributed by atoms with Crippen LogP contribution in [-0.2, 0) is 16.6 Å². The van der Waals surface area contributed by atoms with Gasteiger partial charge in [-0.15, -0.1) is 0 Å². The molecule has 6 nitrogen and oxygen atoms in total. The van der Waals surface area contributed by atoms with Crippen molar-refractivity contribution in [3.05, 3.63) is 89.5 Å². The number of fused-ring (bicyclic) bond motifs is 1. The fourth-order valence-electron chi connectivity index (χ4n) is 4.62. The molecule has 36 heavy (non-hydrogen) atoms. The first-order valence-corrected chi connectivity index (χ1v) is 14.4. The average Bonchev–Trinajstić information content (AvgIpc) is 3.30. The van der Waals surface area contributed by atoms with Crippen LogP contribution in [0.1, 0.15) is 47.7 Å². The van der Waals surface area contributed by atoms with Gasteiger partial charge in [0.05, 0.1) is 21.7 Å². The summed E-state index contributed by atoms with van der Waals surface area (Å²) < 4.78 is 29.1. The largest absolute Gasteiger partial charge is 0.279 e. The maximum Gasteiger partial charge on any atom is 0.260 e. The highest BCUT2D eigenvalue weighted by atomic mass is 32.2. The topological polar surface area (TPSA) is 70.6 Å². The van der Waals surface area contributed by atoms with Crippen molar-refractivity contribution in [2.75, 3.05) is 11.4 Å². The minimum absolute atomic E-state index is 0.0194. The van der Waals surface area contributed by atoms with E-state index in [0.717, 1.165) is 40.6 Å². The maximum atomic E-state index is 13.7. The van der Waals surface area contributed by atoms with E-state index in [9.17, 15) is 13.2 Å². The van der Waals surface area contributed by atoms with E-state index in [1.54, 1.807) is 33.5 Å². The van der Waals surface area contributed by atoms with Gasteiger partial charge in [0.25, 0.3) is 5.91 Å². The zero-order valence-corrected chi connectivity index (χ0v) is 22.1. The fraction of sp³-hybridized carbons (Fsp3) is 0.286. The van der Waals surface area contributed by atoms with Crippen LogP contribution in [0.5, 0.6) is 0 Å². The Bertz CT molecular complexity index is 1480. The lowest BCUT2D eigenvalue weighted by atomic mass is 10.1. The number of piperidine rings is 1. The first kappa shape index (κ1) is 24.6. The van der Waals surface area contributed by atoms with Crippen LogP contribution in [0.3, 0.4) is 0 Å². The summed E-state index contributed by atoms with van der Waals surface area (Å²) >= 11 is 1.48. The molecule has 4 aromatic rings. The maximum absolute atomic E-state index is 13.7. The third-order valence-electron chi connectivity index (χ3n) is 6.64. The second kappa shape index (κ2) is 10.1. The van der Waals surface area contributed by atoms with Crippen LogP contribution in [-0.4, -0.2) is 36.2 Å². The Kier molecular flexibility index (Phi) is 6.92. The number of amides is 1. The molecule has 1 saturated heterocycles. The van der Waals surface area contributed by atoms with Crippen LogP contribution >= 0.6 is 11.3 Å². The number of aryl methyl sites for hydroxylation is 1. The van der Waals surface area contributed by atoms with E-state index in [1.807, 2.05) is 56.3 Å². The fourth-order valence-corrected chi connectivity index (χ4v) is 7.38. The van der Waals surface area contributed by atoms with Crippen molar-refractivity contribution >= 4 is 42.6 Å². The van der Waals surface area contributed by atoms with Crippen molar-refractivity contribution in [3.8, 4) is 0 Å². The molecule has 1 aliphatic heterocycles. The summed E-state index contributed by atoms with van der Waals surface area (Å²) in [6.45, 7) is 4.89. The molecular weight excluding hydrogens is 490 g/mol. The second-order valence-electron chi connectivity index (χ2n) is 9.33. The van der Waals surface area contributed by atoms with E-state index in [4.69, 9.17) is 4.98 Å². The van der Waals surface area contributed by atoms with Crippen LogP contribution in [0.4, 0.5) is 5.13 Å². The number of sulfonamides is 1. The predicted octanol–water partition coefficient (Wildman–Crippen LogP) is 6.01. The Morgan fingerprint density at radius 2 is 1.81 bits per heavy atom.